The second-order valence-corrected chi connectivity index (χ2v) is 5.71. The van der Waals surface area contributed by atoms with Gasteiger partial charge in [0.2, 0.25) is 0 Å². The summed E-state index contributed by atoms with van der Waals surface area (Å²) in [5.41, 5.74) is 0. The minimum Gasteiger partial charge on any atom is -0.494 e. The van der Waals surface area contributed by atoms with Crippen LogP contribution in [0.4, 0.5) is 0 Å². The Labute approximate surface area is 115 Å². The lowest BCUT2D eigenvalue weighted by Gasteiger charge is -2.27. The number of ether oxygens (including phenoxy) is 2. The molecule has 0 saturated carbocycles. The SMILES string of the molecule is ClC1CCOCC1CCOc1ccc(Br)cc1. The van der Waals surface area contributed by atoms with Gasteiger partial charge in [0.05, 0.1) is 13.2 Å². The van der Waals surface area contributed by atoms with Crippen LogP contribution >= 0.6 is 27.5 Å². The molecule has 0 aromatic heterocycles. The molecule has 1 aliphatic heterocycles. The molecule has 1 fully saturated rings. The molecule has 2 atom stereocenters. The van der Waals surface area contributed by atoms with Crippen LogP contribution in [0.15, 0.2) is 28.7 Å². The summed E-state index contributed by atoms with van der Waals surface area (Å²) in [5, 5.41) is 0.234. The molecule has 0 aliphatic carbocycles. The van der Waals surface area contributed by atoms with Gasteiger partial charge in [-0.05, 0) is 37.1 Å². The van der Waals surface area contributed by atoms with Crippen LogP contribution in [0.25, 0.3) is 0 Å². The molecule has 4 heteroatoms. The standard InChI is InChI=1S/C13H16BrClO2/c14-11-1-3-12(4-2-11)17-8-5-10-9-16-7-6-13(10)15/h1-4,10,13H,5-9H2. The van der Waals surface area contributed by atoms with E-state index in [1.54, 1.807) is 0 Å². The van der Waals surface area contributed by atoms with Crippen LogP contribution in [-0.2, 0) is 4.74 Å². The molecule has 2 nitrogen and oxygen atoms in total. The summed E-state index contributed by atoms with van der Waals surface area (Å²) in [6.45, 7) is 2.25. The summed E-state index contributed by atoms with van der Waals surface area (Å²) < 4.78 is 12.2. The predicted molar refractivity (Wildman–Crippen MR) is 72.8 cm³/mol. The molecular formula is C13H16BrClO2. The lowest BCUT2D eigenvalue weighted by Crippen LogP contribution is -2.29. The van der Waals surface area contributed by atoms with E-state index in [1.165, 1.54) is 0 Å². The van der Waals surface area contributed by atoms with Crippen LogP contribution in [0.3, 0.4) is 0 Å². The zero-order valence-corrected chi connectivity index (χ0v) is 11.9. The largest absolute Gasteiger partial charge is 0.494 e. The Hall–Kier alpha value is -0.250. The normalized spacial score (nSPS) is 24.6. The van der Waals surface area contributed by atoms with Crippen molar-refractivity contribution in [2.45, 2.75) is 18.2 Å². The van der Waals surface area contributed by atoms with Crippen molar-refractivity contribution in [2.75, 3.05) is 19.8 Å². The van der Waals surface area contributed by atoms with E-state index in [0.717, 1.165) is 36.3 Å². The van der Waals surface area contributed by atoms with Crippen LogP contribution < -0.4 is 4.74 Å². The maximum absolute atomic E-state index is 6.24. The van der Waals surface area contributed by atoms with Crippen molar-refractivity contribution >= 4 is 27.5 Å². The first-order valence-electron chi connectivity index (χ1n) is 5.86. The molecule has 1 saturated heterocycles. The number of hydrogen-bond donors (Lipinski definition) is 0. The molecule has 94 valence electrons. The summed E-state index contributed by atoms with van der Waals surface area (Å²) >= 11 is 9.64. The van der Waals surface area contributed by atoms with Gasteiger partial charge < -0.3 is 9.47 Å². The highest BCUT2D eigenvalue weighted by molar-refractivity contribution is 9.10. The zero-order valence-electron chi connectivity index (χ0n) is 9.57. The molecular weight excluding hydrogens is 303 g/mol. The molecule has 0 spiro atoms. The molecule has 0 amide bonds. The molecule has 1 aromatic carbocycles. The third-order valence-electron chi connectivity index (χ3n) is 2.95. The first-order valence-corrected chi connectivity index (χ1v) is 7.09. The highest BCUT2D eigenvalue weighted by Crippen LogP contribution is 2.24. The molecule has 0 radical (unpaired) electrons. The van der Waals surface area contributed by atoms with E-state index in [0.29, 0.717) is 12.5 Å². The Morgan fingerprint density at radius 3 is 2.82 bits per heavy atom. The smallest absolute Gasteiger partial charge is 0.119 e. The van der Waals surface area contributed by atoms with E-state index in [-0.39, 0.29) is 5.38 Å². The van der Waals surface area contributed by atoms with E-state index >= 15 is 0 Å². The molecule has 0 N–H and O–H groups in total. The monoisotopic (exact) mass is 318 g/mol. The van der Waals surface area contributed by atoms with E-state index in [4.69, 9.17) is 21.1 Å². The topological polar surface area (TPSA) is 18.5 Å². The number of rotatable bonds is 4. The molecule has 1 aromatic rings. The van der Waals surface area contributed by atoms with Gasteiger partial charge in [-0.25, -0.2) is 0 Å². The van der Waals surface area contributed by atoms with Crippen molar-refractivity contribution in [1.82, 2.24) is 0 Å². The van der Waals surface area contributed by atoms with Crippen LogP contribution in [0.2, 0.25) is 0 Å². The summed E-state index contributed by atoms with van der Waals surface area (Å²) in [6.07, 6.45) is 1.90. The summed E-state index contributed by atoms with van der Waals surface area (Å²) in [4.78, 5) is 0. The fourth-order valence-electron chi connectivity index (χ4n) is 1.89. The van der Waals surface area contributed by atoms with Crippen LogP contribution in [-0.4, -0.2) is 25.2 Å². The van der Waals surface area contributed by atoms with Gasteiger partial charge in [0, 0.05) is 22.4 Å². The summed E-state index contributed by atoms with van der Waals surface area (Å²) in [7, 11) is 0. The number of benzene rings is 1. The van der Waals surface area contributed by atoms with Crippen LogP contribution in [0.5, 0.6) is 5.75 Å². The fraction of sp³-hybridized carbons (Fsp3) is 0.538. The first-order chi connectivity index (χ1) is 8.25. The van der Waals surface area contributed by atoms with Gasteiger partial charge in [-0.1, -0.05) is 15.9 Å². The van der Waals surface area contributed by atoms with Gasteiger partial charge in [-0.3, -0.25) is 0 Å². The maximum atomic E-state index is 6.24. The fourth-order valence-corrected chi connectivity index (χ4v) is 2.45. The average Bonchev–Trinajstić information content (AvgIpc) is 2.34. The second kappa shape index (κ2) is 6.62. The van der Waals surface area contributed by atoms with Crippen molar-refractivity contribution in [3.63, 3.8) is 0 Å². The maximum Gasteiger partial charge on any atom is 0.119 e. The molecule has 2 unspecified atom stereocenters. The van der Waals surface area contributed by atoms with E-state index in [1.807, 2.05) is 24.3 Å². The van der Waals surface area contributed by atoms with E-state index in [9.17, 15) is 0 Å². The first kappa shape index (κ1) is 13.2. The number of hydrogen-bond acceptors (Lipinski definition) is 2. The van der Waals surface area contributed by atoms with Crippen molar-refractivity contribution in [3.05, 3.63) is 28.7 Å². The van der Waals surface area contributed by atoms with Crippen LogP contribution in [0.1, 0.15) is 12.8 Å². The number of halogens is 2. The Morgan fingerprint density at radius 1 is 1.35 bits per heavy atom. The molecule has 1 aliphatic rings. The van der Waals surface area contributed by atoms with Gasteiger partial charge >= 0.3 is 0 Å². The van der Waals surface area contributed by atoms with Crippen LogP contribution in [0, 0.1) is 5.92 Å². The summed E-state index contributed by atoms with van der Waals surface area (Å²) in [5.74, 6) is 1.32. The van der Waals surface area contributed by atoms with Gasteiger partial charge in [0.25, 0.3) is 0 Å². The number of alkyl halides is 1. The summed E-state index contributed by atoms with van der Waals surface area (Å²) in [6, 6.07) is 7.87. The lowest BCUT2D eigenvalue weighted by molar-refractivity contribution is 0.0490. The average molecular weight is 320 g/mol. The quantitative estimate of drug-likeness (QED) is 0.785. The van der Waals surface area contributed by atoms with E-state index < -0.39 is 0 Å². The van der Waals surface area contributed by atoms with Gasteiger partial charge in [0.1, 0.15) is 5.75 Å². The van der Waals surface area contributed by atoms with Crippen molar-refractivity contribution in [2.24, 2.45) is 5.92 Å². The highest BCUT2D eigenvalue weighted by atomic mass is 79.9. The highest BCUT2D eigenvalue weighted by Gasteiger charge is 2.23. The Morgan fingerprint density at radius 2 is 2.12 bits per heavy atom. The van der Waals surface area contributed by atoms with Gasteiger partial charge in [0.15, 0.2) is 0 Å². The van der Waals surface area contributed by atoms with Crippen molar-refractivity contribution in [3.8, 4) is 5.75 Å². The van der Waals surface area contributed by atoms with Crippen molar-refractivity contribution < 1.29 is 9.47 Å². The minimum absolute atomic E-state index is 0.234. The second-order valence-electron chi connectivity index (χ2n) is 4.23. The Balaban J connectivity index is 1.73. The molecule has 2 rings (SSSR count). The predicted octanol–water partition coefficient (Wildman–Crippen LogP) is 3.86. The molecule has 1 heterocycles. The minimum atomic E-state index is 0.234. The molecule has 17 heavy (non-hydrogen) atoms. The van der Waals surface area contributed by atoms with E-state index in [2.05, 4.69) is 15.9 Å². The Kier molecular flexibility index (Phi) is 5.14. The Bertz CT molecular complexity index is 342. The van der Waals surface area contributed by atoms with Crippen molar-refractivity contribution in [1.29, 1.82) is 0 Å². The lowest BCUT2D eigenvalue weighted by atomic mass is 9.98. The van der Waals surface area contributed by atoms with Gasteiger partial charge in [-0.15, -0.1) is 11.6 Å². The van der Waals surface area contributed by atoms with Gasteiger partial charge in [-0.2, -0.15) is 0 Å². The zero-order chi connectivity index (χ0) is 12.1. The third-order valence-corrected chi connectivity index (χ3v) is 4.06. The molecule has 0 bridgehead atoms. The third kappa shape index (κ3) is 4.16.